The number of carbonyl (C=O) groups is 1. The van der Waals surface area contributed by atoms with Gasteiger partial charge in [-0.25, -0.2) is 8.42 Å². The van der Waals surface area contributed by atoms with E-state index in [0.717, 1.165) is 42.5 Å². The van der Waals surface area contributed by atoms with Crippen LogP contribution in [0.1, 0.15) is 40.7 Å². The number of amides is 1. The summed E-state index contributed by atoms with van der Waals surface area (Å²) in [5.41, 5.74) is 3.11. The Morgan fingerprint density at radius 3 is 2.50 bits per heavy atom. The largest absolute Gasteiger partial charge is 0.495 e. The lowest BCUT2D eigenvalue weighted by Gasteiger charge is -2.32. The highest BCUT2D eigenvalue weighted by molar-refractivity contribution is 7.89. The molecule has 2 aliphatic heterocycles. The maximum Gasteiger partial charge on any atom is 0.259 e. The number of hydrogen-bond acceptors (Lipinski definition) is 4. The van der Waals surface area contributed by atoms with Crippen molar-refractivity contribution in [2.45, 2.75) is 37.5 Å². The van der Waals surface area contributed by atoms with Crippen LogP contribution >= 0.6 is 11.6 Å². The maximum absolute atomic E-state index is 13.5. The molecule has 4 rings (SSSR count). The van der Waals surface area contributed by atoms with Gasteiger partial charge in [-0.1, -0.05) is 17.7 Å². The van der Waals surface area contributed by atoms with Crippen LogP contribution in [0, 0.1) is 6.92 Å². The van der Waals surface area contributed by atoms with Gasteiger partial charge in [-0.3, -0.25) is 4.79 Å². The number of hydrogen-bond donors (Lipinski definition) is 0. The van der Waals surface area contributed by atoms with E-state index < -0.39 is 10.0 Å². The lowest BCUT2D eigenvalue weighted by Crippen LogP contribution is -2.36. The average Bonchev–Trinajstić information content (AvgIpc) is 3.29. The zero-order valence-electron chi connectivity index (χ0n) is 17.2. The predicted octanol–water partition coefficient (Wildman–Crippen LogP) is 4.03. The first-order chi connectivity index (χ1) is 14.3. The highest BCUT2D eigenvalue weighted by Crippen LogP contribution is 2.39. The standard InChI is InChI=1S/C22H25ClN2O4S/c1-15-7-10-20(29-2)21-17(15)6-5-13-25(21)22(26)18-14-16(8-9-19(18)23)30(27,28)24-11-3-4-12-24/h7-10,14H,3-6,11-13H2,1-2H3. The summed E-state index contributed by atoms with van der Waals surface area (Å²) in [5.74, 6) is 0.309. The second-order valence-corrected chi connectivity index (χ2v) is 10.1. The summed E-state index contributed by atoms with van der Waals surface area (Å²) in [4.78, 5) is 15.3. The molecule has 30 heavy (non-hydrogen) atoms. The first-order valence-corrected chi connectivity index (χ1v) is 11.9. The van der Waals surface area contributed by atoms with E-state index in [9.17, 15) is 13.2 Å². The molecule has 1 amide bonds. The number of ether oxygens (including phenoxy) is 1. The van der Waals surface area contributed by atoms with Crippen molar-refractivity contribution in [3.8, 4) is 5.75 Å². The Morgan fingerprint density at radius 2 is 1.80 bits per heavy atom. The van der Waals surface area contributed by atoms with E-state index >= 15 is 0 Å². The molecule has 2 aromatic carbocycles. The van der Waals surface area contributed by atoms with E-state index in [0.29, 0.717) is 25.4 Å². The number of carbonyl (C=O) groups excluding carboxylic acids is 1. The molecular formula is C22H25ClN2O4S. The maximum atomic E-state index is 13.5. The molecule has 0 spiro atoms. The monoisotopic (exact) mass is 448 g/mol. The van der Waals surface area contributed by atoms with Crippen LogP contribution < -0.4 is 9.64 Å². The molecule has 0 unspecified atom stereocenters. The second kappa shape index (κ2) is 8.21. The summed E-state index contributed by atoms with van der Waals surface area (Å²) < 4.78 is 33.0. The molecule has 2 aromatic rings. The molecule has 160 valence electrons. The lowest BCUT2D eigenvalue weighted by atomic mass is 9.95. The molecule has 0 atom stereocenters. The zero-order valence-corrected chi connectivity index (χ0v) is 18.7. The molecule has 0 saturated carbocycles. The van der Waals surface area contributed by atoms with E-state index in [4.69, 9.17) is 16.3 Å². The van der Waals surface area contributed by atoms with Gasteiger partial charge in [-0.05, 0) is 68.0 Å². The Balaban J connectivity index is 1.76. The Kier molecular flexibility index (Phi) is 5.79. The Labute approximate surface area is 182 Å². The van der Waals surface area contributed by atoms with Crippen molar-refractivity contribution in [3.05, 3.63) is 52.0 Å². The fourth-order valence-electron chi connectivity index (χ4n) is 4.27. The van der Waals surface area contributed by atoms with Crippen molar-refractivity contribution in [3.63, 3.8) is 0 Å². The summed E-state index contributed by atoms with van der Waals surface area (Å²) in [7, 11) is -2.06. The summed E-state index contributed by atoms with van der Waals surface area (Å²) in [6, 6.07) is 8.23. The molecule has 0 bridgehead atoms. The van der Waals surface area contributed by atoms with Gasteiger partial charge >= 0.3 is 0 Å². The molecule has 8 heteroatoms. The number of benzene rings is 2. The Bertz CT molecular complexity index is 1090. The van der Waals surface area contributed by atoms with Crippen LogP contribution in [0.3, 0.4) is 0 Å². The number of sulfonamides is 1. The number of nitrogens with zero attached hydrogens (tertiary/aromatic N) is 2. The van der Waals surface area contributed by atoms with Gasteiger partial charge in [0.2, 0.25) is 10.0 Å². The highest BCUT2D eigenvalue weighted by Gasteiger charge is 2.32. The summed E-state index contributed by atoms with van der Waals surface area (Å²) in [5, 5.41) is 0.235. The van der Waals surface area contributed by atoms with Gasteiger partial charge in [0, 0.05) is 19.6 Å². The van der Waals surface area contributed by atoms with Gasteiger partial charge in [0.1, 0.15) is 5.75 Å². The van der Waals surface area contributed by atoms with Gasteiger partial charge in [-0.15, -0.1) is 0 Å². The fourth-order valence-corrected chi connectivity index (χ4v) is 6.01. The first kappa shape index (κ1) is 21.2. The first-order valence-electron chi connectivity index (χ1n) is 10.1. The quantitative estimate of drug-likeness (QED) is 0.708. The minimum Gasteiger partial charge on any atom is -0.495 e. The molecule has 2 aliphatic rings. The third-order valence-corrected chi connectivity index (χ3v) is 8.12. The second-order valence-electron chi connectivity index (χ2n) is 7.73. The molecule has 6 nitrogen and oxygen atoms in total. The van der Waals surface area contributed by atoms with E-state index in [2.05, 4.69) is 0 Å². The van der Waals surface area contributed by atoms with Crippen LogP contribution in [0.2, 0.25) is 5.02 Å². The van der Waals surface area contributed by atoms with E-state index in [1.807, 2.05) is 19.1 Å². The predicted molar refractivity (Wildman–Crippen MR) is 117 cm³/mol. The molecule has 1 saturated heterocycles. The van der Waals surface area contributed by atoms with Crippen LogP contribution in [0.4, 0.5) is 5.69 Å². The highest BCUT2D eigenvalue weighted by atomic mass is 35.5. The van der Waals surface area contributed by atoms with Crippen molar-refractivity contribution >= 4 is 33.2 Å². The third kappa shape index (κ3) is 3.59. The van der Waals surface area contributed by atoms with Crippen LogP contribution in [-0.4, -0.2) is 45.4 Å². The van der Waals surface area contributed by atoms with Gasteiger partial charge in [-0.2, -0.15) is 4.31 Å². The lowest BCUT2D eigenvalue weighted by molar-refractivity contribution is 0.0984. The molecule has 2 heterocycles. The summed E-state index contributed by atoms with van der Waals surface area (Å²) in [6.07, 6.45) is 3.38. The molecule has 0 aromatic heterocycles. The van der Waals surface area contributed by atoms with Gasteiger partial charge in [0.05, 0.1) is 28.3 Å². The van der Waals surface area contributed by atoms with Crippen molar-refractivity contribution < 1.29 is 17.9 Å². The Hall–Kier alpha value is -2.09. The topological polar surface area (TPSA) is 66.9 Å². The van der Waals surface area contributed by atoms with E-state index in [-0.39, 0.29) is 21.4 Å². The Morgan fingerprint density at radius 1 is 1.07 bits per heavy atom. The van der Waals surface area contributed by atoms with Gasteiger partial charge in [0.25, 0.3) is 5.91 Å². The minimum absolute atomic E-state index is 0.102. The van der Waals surface area contributed by atoms with E-state index in [1.54, 1.807) is 12.0 Å². The van der Waals surface area contributed by atoms with Crippen molar-refractivity contribution in [2.24, 2.45) is 0 Å². The smallest absolute Gasteiger partial charge is 0.259 e. The third-order valence-electron chi connectivity index (χ3n) is 5.89. The molecule has 0 aliphatic carbocycles. The van der Waals surface area contributed by atoms with Crippen LogP contribution in [0.15, 0.2) is 35.2 Å². The average molecular weight is 449 g/mol. The molecule has 1 fully saturated rings. The summed E-state index contributed by atoms with van der Waals surface area (Å²) >= 11 is 6.36. The normalized spacial score (nSPS) is 17.1. The van der Waals surface area contributed by atoms with Crippen LogP contribution in [0.5, 0.6) is 5.75 Å². The number of anilines is 1. The number of halogens is 1. The number of rotatable bonds is 4. The number of aryl methyl sites for hydroxylation is 1. The van der Waals surface area contributed by atoms with Gasteiger partial charge < -0.3 is 9.64 Å². The molecular weight excluding hydrogens is 424 g/mol. The molecule has 0 radical (unpaired) electrons. The van der Waals surface area contributed by atoms with Crippen molar-refractivity contribution in [2.75, 3.05) is 31.6 Å². The number of fused-ring (bicyclic) bond motifs is 1. The molecule has 0 N–H and O–H groups in total. The SMILES string of the molecule is COc1ccc(C)c2c1N(C(=O)c1cc(S(=O)(=O)N3CCCC3)ccc1Cl)CCC2. The summed E-state index contributed by atoms with van der Waals surface area (Å²) in [6.45, 7) is 3.54. The van der Waals surface area contributed by atoms with E-state index in [1.165, 1.54) is 22.5 Å². The van der Waals surface area contributed by atoms with Crippen molar-refractivity contribution in [1.82, 2.24) is 4.31 Å². The zero-order chi connectivity index (χ0) is 21.5. The fraction of sp³-hybridized carbons (Fsp3) is 0.409. The van der Waals surface area contributed by atoms with Crippen LogP contribution in [-0.2, 0) is 16.4 Å². The minimum atomic E-state index is -3.64. The van der Waals surface area contributed by atoms with Gasteiger partial charge in [0.15, 0.2) is 0 Å². The number of methoxy groups -OCH3 is 1. The van der Waals surface area contributed by atoms with Crippen LogP contribution in [0.25, 0.3) is 0 Å². The van der Waals surface area contributed by atoms with Crippen molar-refractivity contribution in [1.29, 1.82) is 0 Å².